The number of fused-ring (bicyclic) bond motifs is 1. The van der Waals surface area contributed by atoms with Crippen LogP contribution in [0.5, 0.6) is 0 Å². The van der Waals surface area contributed by atoms with Crippen LogP contribution in [0.3, 0.4) is 0 Å². The van der Waals surface area contributed by atoms with E-state index in [-0.39, 0.29) is 24.2 Å². The van der Waals surface area contributed by atoms with Crippen molar-refractivity contribution in [3.05, 3.63) is 24.3 Å². The minimum absolute atomic E-state index is 0.0777. The Morgan fingerprint density at radius 2 is 2.29 bits per heavy atom. The number of benzene rings is 1. The normalized spacial score (nSPS) is 18.9. The van der Waals surface area contributed by atoms with Gasteiger partial charge in [0.25, 0.3) is 0 Å². The molecule has 1 aromatic carbocycles. The van der Waals surface area contributed by atoms with Gasteiger partial charge in [0, 0.05) is 24.1 Å². The summed E-state index contributed by atoms with van der Waals surface area (Å²) in [5.41, 5.74) is 0.835. The summed E-state index contributed by atoms with van der Waals surface area (Å²) < 4.78 is 0. The summed E-state index contributed by atoms with van der Waals surface area (Å²) in [7, 11) is 1.58. The number of hydrogen-bond donors (Lipinski definition) is 2. The number of rotatable bonds is 2. The van der Waals surface area contributed by atoms with Crippen molar-refractivity contribution in [1.29, 1.82) is 0 Å². The molecule has 4 nitrogen and oxygen atoms in total. The van der Waals surface area contributed by atoms with Crippen molar-refractivity contribution >= 4 is 29.3 Å². The molecule has 0 bridgehead atoms. The summed E-state index contributed by atoms with van der Waals surface area (Å²) >= 11 is 1.61. The molecular weight excluding hydrogens is 236 g/mol. The highest BCUT2D eigenvalue weighted by atomic mass is 32.2. The van der Waals surface area contributed by atoms with Crippen molar-refractivity contribution in [3.8, 4) is 0 Å². The molecule has 0 spiro atoms. The third-order valence-corrected chi connectivity index (χ3v) is 3.90. The molecule has 0 aliphatic carbocycles. The van der Waals surface area contributed by atoms with Gasteiger partial charge in [0.1, 0.15) is 0 Å². The van der Waals surface area contributed by atoms with Gasteiger partial charge < -0.3 is 10.6 Å². The Kier molecular flexibility index (Phi) is 3.68. The number of thioether (sulfide) groups is 1. The highest BCUT2D eigenvalue weighted by Gasteiger charge is 2.25. The molecule has 0 saturated carbocycles. The Labute approximate surface area is 104 Å². The Balaban J connectivity index is 2.12. The lowest BCUT2D eigenvalue weighted by atomic mass is 10.1. The van der Waals surface area contributed by atoms with Crippen LogP contribution in [-0.4, -0.2) is 24.6 Å². The molecule has 1 aliphatic rings. The Hall–Kier alpha value is -1.49. The summed E-state index contributed by atoms with van der Waals surface area (Å²) in [5.74, 6) is 0.186. The van der Waals surface area contributed by atoms with Crippen molar-refractivity contribution in [2.45, 2.75) is 11.3 Å². The Bertz CT molecular complexity index is 448. The molecule has 2 N–H and O–H groups in total. The lowest BCUT2D eigenvalue weighted by molar-refractivity contribution is -0.126. The van der Waals surface area contributed by atoms with E-state index in [9.17, 15) is 9.59 Å². The fourth-order valence-corrected chi connectivity index (χ4v) is 2.77. The van der Waals surface area contributed by atoms with Gasteiger partial charge in [-0.25, -0.2) is 0 Å². The van der Waals surface area contributed by atoms with Gasteiger partial charge in [-0.3, -0.25) is 9.59 Å². The van der Waals surface area contributed by atoms with Crippen LogP contribution in [-0.2, 0) is 9.59 Å². The van der Waals surface area contributed by atoms with Crippen molar-refractivity contribution < 1.29 is 9.59 Å². The van der Waals surface area contributed by atoms with Crippen LogP contribution in [0.25, 0.3) is 0 Å². The Morgan fingerprint density at radius 3 is 3.06 bits per heavy atom. The van der Waals surface area contributed by atoms with Crippen LogP contribution >= 0.6 is 11.8 Å². The highest BCUT2D eigenvalue weighted by Crippen LogP contribution is 2.32. The molecule has 1 aliphatic heterocycles. The molecule has 0 radical (unpaired) electrons. The zero-order valence-corrected chi connectivity index (χ0v) is 10.3. The van der Waals surface area contributed by atoms with E-state index >= 15 is 0 Å². The maximum atomic E-state index is 11.9. The average molecular weight is 250 g/mol. The lowest BCUT2D eigenvalue weighted by Gasteiger charge is -2.11. The van der Waals surface area contributed by atoms with E-state index in [4.69, 9.17) is 0 Å². The summed E-state index contributed by atoms with van der Waals surface area (Å²) in [4.78, 5) is 24.3. The topological polar surface area (TPSA) is 58.2 Å². The monoisotopic (exact) mass is 250 g/mol. The SMILES string of the molecule is CNC(=O)C[C@H]1CSc2ccccc2NC1=O. The van der Waals surface area contributed by atoms with Gasteiger partial charge in [-0.15, -0.1) is 11.8 Å². The van der Waals surface area contributed by atoms with Gasteiger partial charge in [0.2, 0.25) is 11.8 Å². The first-order valence-electron chi connectivity index (χ1n) is 5.44. The van der Waals surface area contributed by atoms with Crippen LogP contribution in [0.4, 0.5) is 5.69 Å². The highest BCUT2D eigenvalue weighted by molar-refractivity contribution is 7.99. The van der Waals surface area contributed by atoms with Crippen molar-refractivity contribution in [2.24, 2.45) is 5.92 Å². The molecule has 17 heavy (non-hydrogen) atoms. The summed E-state index contributed by atoms with van der Waals surface area (Å²) in [6.07, 6.45) is 0.239. The van der Waals surface area contributed by atoms with Crippen molar-refractivity contribution in [1.82, 2.24) is 5.32 Å². The minimum Gasteiger partial charge on any atom is -0.359 e. The van der Waals surface area contributed by atoms with Crippen LogP contribution in [0.2, 0.25) is 0 Å². The van der Waals surface area contributed by atoms with Gasteiger partial charge in [-0.05, 0) is 12.1 Å². The maximum absolute atomic E-state index is 11.9. The number of anilines is 1. The fraction of sp³-hybridized carbons (Fsp3) is 0.333. The quantitative estimate of drug-likeness (QED) is 0.836. The van der Waals surface area contributed by atoms with Crippen molar-refractivity contribution in [3.63, 3.8) is 0 Å². The number of amides is 2. The lowest BCUT2D eigenvalue weighted by Crippen LogP contribution is -2.29. The first kappa shape index (κ1) is 12.0. The Morgan fingerprint density at radius 1 is 1.53 bits per heavy atom. The molecule has 90 valence electrons. The van der Waals surface area contributed by atoms with E-state index in [1.165, 1.54) is 0 Å². The summed E-state index contributed by atoms with van der Waals surface area (Å²) in [6.45, 7) is 0. The summed E-state index contributed by atoms with van der Waals surface area (Å²) in [6, 6.07) is 7.68. The van der Waals surface area contributed by atoms with Crippen LogP contribution < -0.4 is 10.6 Å². The van der Waals surface area contributed by atoms with Gasteiger partial charge in [0.15, 0.2) is 0 Å². The average Bonchev–Trinajstić information content (AvgIpc) is 2.49. The van der Waals surface area contributed by atoms with Gasteiger partial charge in [0.05, 0.1) is 11.6 Å². The van der Waals surface area contributed by atoms with Gasteiger partial charge in [-0.2, -0.15) is 0 Å². The number of carbonyl (C=O) groups excluding carboxylic acids is 2. The van der Waals surface area contributed by atoms with Crippen LogP contribution in [0.1, 0.15) is 6.42 Å². The second-order valence-electron chi connectivity index (χ2n) is 3.87. The first-order chi connectivity index (χ1) is 8.20. The molecule has 2 amide bonds. The molecule has 0 unspecified atom stereocenters. The zero-order chi connectivity index (χ0) is 12.3. The van der Waals surface area contributed by atoms with Crippen LogP contribution in [0.15, 0.2) is 29.2 Å². The largest absolute Gasteiger partial charge is 0.359 e. The van der Waals surface area contributed by atoms with Gasteiger partial charge >= 0.3 is 0 Å². The van der Waals surface area contributed by atoms with Gasteiger partial charge in [-0.1, -0.05) is 12.1 Å². The van der Waals surface area contributed by atoms with E-state index in [0.29, 0.717) is 5.75 Å². The molecule has 1 heterocycles. The van der Waals surface area contributed by atoms with E-state index < -0.39 is 0 Å². The second-order valence-corrected chi connectivity index (χ2v) is 4.93. The number of para-hydroxylation sites is 1. The molecule has 2 rings (SSSR count). The first-order valence-corrected chi connectivity index (χ1v) is 6.42. The maximum Gasteiger partial charge on any atom is 0.228 e. The minimum atomic E-state index is -0.271. The number of carbonyl (C=O) groups is 2. The number of hydrogen-bond acceptors (Lipinski definition) is 3. The molecular formula is C12H14N2O2S. The predicted molar refractivity (Wildman–Crippen MR) is 68.0 cm³/mol. The van der Waals surface area contributed by atoms with E-state index in [0.717, 1.165) is 10.6 Å². The standard InChI is InChI=1S/C12H14N2O2S/c1-13-11(15)6-8-7-17-10-5-3-2-4-9(10)14-12(8)16/h2-5,8H,6-7H2,1H3,(H,13,15)(H,14,16)/t8-/m0/s1. The van der Waals surface area contributed by atoms with E-state index in [1.54, 1.807) is 18.8 Å². The zero-order valence-electron chi connectivity index (χ0n) is 9.53. The second kappa shape index (κ2) is 5.23. The third-order valence-electron chi connectivity index (χ3n) is 2.67. The van der Waals surface area contributed by atoms with Crippen LogP contribution in [0, 0.1) is 5.92 Å². The number of nitrogens with one attached hydrogen (secondary N) is 2. The molecule has 0 fully saturated rings. The third kappa shape index (κ3) is 2.79. The van der Waals surface area contributed by atoms with Crippen molar-refractivity contribution in [2.75, 3.05) is 18.1 Å². The molecule has 0 saturated heterocycles. The smallest absolute Gasteiger partial charge is 0.228 e. The molecule has 5 heteroatoms. The summed E-state index contributed by atoms with van der Waals surface area (Å²) in [5, 5.41) is 5.41. The molecule has 1 aromatic rings. The van der Waals surface area contributed by atoms with E-state index in [1.807, 2.05) is 24.3 Å². The molecule has 0 aromatic heterocycles. The van der Waals surface area contributed by atoms with E-state index in [2.05, 4.69) is 10.6 Å². The fourth-order valence-electron chi connectivity index (χ4n) is 1.67. The predicted octanol–water partition coefficient (Wildman–Crippen LogP) is 1.48. The molecule has 1 atom stereocenters.